The van der Waals surface area contributed by atoms with Crippen molar-refractivity contribution in [2.45, 2.75) is 97.2 Å². The quantitative estimate of drug-likeness (QED) is 0.237. The van der Waals surface area contributed by atoms with Crippen molar-refractivity contribution in [1.29, 1.82) is 0 Å². The summed E-state index contributed by atoms with van der Waals surface area (Å²) in [6, 6.07) is 8.69. The molecule has 1 aromatic rings. The van der Waals surface area contributed by atoms with Crippen molar-refractivity contribution in [3.63, 3.8) is 0 Å². The summed E-state index contributed by atoms with van der Waals surface area (Å²) < 4.78 is 24.6. The van der Waals surface area contributed by atoms with Gasteiger partial charge in [0.25, 0.3) is 0 Å². The van der Waals surface area contributed by atoms with Crippen LogP contribution in [0.5, 0.6) is 0 Å². The highest BCUT2D eigenvalue weighted by molar-refractivity contribution is 6.74. The lowest BCUT2D eigenvalue weighted by Gasteiger charge is -2.52. The van der Waals surface area contributed by atoms with E-state index in [0.29, 0.717) is 18.4 Å². The van der Waals surface area contributed by atoms with Gasteiger partial charge in [-0.1, -0.05) is 52.0 Å². The molecule has 0 N–H and O–H groups in total. The van der Waals surface area contributed by atoms with E-state index in [2.05, 4.69) is 33.9 Å². The van der Waals surface area contributed by atoms with Gasteiger partial charge in [-0.3, -0.25) is 14.4 Å². The highest BCUT2D eigenvalue weighted by Crippen LogP contribution is 2.59. The van der Waals surface area contributed by atoms with E-state index in [1.165, 1.54) is 13.8 Å². The van der Waals surface area contributed by atoms with E-state index in [-0.39, 0.29) is 23.8 Å². The summed E-state index contributed by atoms with van der Waals surface area (Å²) >= 11 is 0. The third-order valence-corrected chi connectivity index (χ3v) is 13.2. The van der Waals surface area contributed by atoms with Crippen LogP contribution in [0.15, 0.2) is 42.5 Å². The second kappa shape index (κ2) is 11.4. The maximum Gasteiger partial charge on any atom is 0.338 e. The Kier molecular flexibility index (Phi) is 8.97. The standard InChI is InChI=1S/C30H42O8Si/c1-20(31)36-24-18-30(29(6)16-14-23(33)15-17-29,19-35-27(34)22-12-10-9-11-13-22)26(25(24)37-21(2)32)38-39(7,8)28(3,4)5/h9-14,16,24-26H,15,17-19H2,1-8H3/t24-,25-,26+,29-,30-/m1/s1. The van der Waals surface area contributed by atoms with Gasteiger partial charge in [0.1, 0.15) is 12.7 Å². The van der Waals surface area contributed by atoms with E-state index >= 15 is 0 Å². The van der Waals surface area contributed by atoms with Crippen LogP contribution in [0.25, 0.3) is 0 Å². The molecule has 0 amide bonds. The fraction of sp³-hybridized carbons (Fsp3) is 0.600. The number of carbonyl (C=O) groups excluding carboxylic acids is 4. The highest BCUT2D eigenvalue weighted by Gasteiger charge is 2.66. The van der Waals surface area contributed by atoms with Crippen LogP contribution in [0.4, 0.5) is 0 Å². The zero-order chi connectivity index (χ0) is 29.2. The van der Waals surface area contributed by atoms with Crippen LogP contribution < -0.4 is 0 Å². The molecule has 2 aliphatic carbocycles. The molecule has 0 aromatic heterocycles. The SMILES string of the molecule is CC(=O)O[C@@H]1[C@H](OC(C)=O)C[C@](COC(=O)c2ccccc2)([C@]2(C)C=CC(=O)CC2)[C@H]1O[Si](C)(C)C(C)(C)C. The van der Waals surface area contributed by atoms with Crippen LogP contribution in [0.3, 0.4) is 0 Å². The molecule has 0 spiro atoms. The molecule has 3 rings (SSSR count). The molecule has 1 fully saturated rings. The van der Waals surface area contributed by atoms with Gasteiger partial charge in [-0.25, -0.2) is 4.79 Å². The molecular formula is C30H42O8Si. The monoisotopic (exact) mass is 558 g/mol. The molecule has 0 bridgehead atoms. The number of benzene rings is 1. The average Bonchev–Trinajstić information content (AvgIpc) is 3.11. The van der Waals surface area contributed by atoms with Crippen LogP contribution in [0.1, 0.15) is 71.2 Å². The summed E-state index contributed by atoms with van der Waals surface area (Å²) in [4.78, 5) is 50.0. The lowest BCUT2D eigenvalue weighted by molar-refractivity contribution is -0.169. The number of hydrogen-bond donors (Lipinski definition) is 0. The second-order valence-electron chi connectivity index (χ2n) is 12.5. The Morgan fingerprint density at radius 3 is 2.15 bits per heavy atom. The van der Waals surface area contributed by atoms with Gasteiger partial charge in [-0.2, -0.15) is 0 Å². The number of ketones is 1. The molecule has 8 nitrogen and oxygen atoms in total. The minimum atomic E-state index is -2.51. The molecule has 0 unspecified atom stereocenters. The molecule has 5 atom stereocenters. The van der Waals surface area contributed by atoms with Crippen molar-refractivity contribution < 1.29 is 37.8 Å². The molecule has 1 aromatic carbocycles. The van der Waals surface area contributed by atoms with E-state index < -0.39 is 55.4 Å². The van der Waals surface area contributed by atoms with Gasteiger partial charge in [-0.15, -0.1) is 0 Å². The van der Waals surface area contributed by atoms with Crippen molar-refractivity contribution >= 4 is 32.0 Å². The normalized spacial score (nSPS) is 29.1. The van der Waals surface area contributed by atoms with Gasteiger partial charge in [0.15, 0.2) is 20.2 Å². The largest absolute Gasteiger partial charge is 0.461 e. The zero-order valence-electron chi connectivity index (χ0n) is 24.4. The Bertz CT molecular complexity index is 1120. The molecule has 214 valence electrons. The van der Waals surface area contributed by atoms with E-state index in [0.717, 1.165) is 0 Å². The smallest absolute Gasteiger partial charge is 0.338 e. The fourth-order valence-corrected chi connectivity index (χ4v) is 6.73. The Labute approximate surface area is 232 Å². The van der Waals surface area contributed by atoms with Gasteiger partial charge in [-0.05, 0) is 48.2 Å². The second-order valence-corrected chi connectivity index (χ2v) is 17.3. The van der Waals surface area contributed by atoms with Crippen LogP contribution in [0.2, 0.25) is 18.1 Å². The van der Waals surface area contributed by atoms with Gasteiger partial charge in [0, 0.05) is 32.1 Å². The maximum atomic E-state index is 13.2. The average molecular weight is 559 g/mol. The van der Waals surface area contributed by atoms with Crippen LogP contribution in [0, 0.1) is 10.8 Å². The Balaban J connectivity index is 2.19. The molecule has 2 aliphatic rings. The van der Waals surface area contributed by atoms with E-state index in [9.17, 15) is 19.2 Å². The molecular weight excluding hydrogens is 516 g/mol. The number of allylic oxidation sites excluding steroid dienone is 2. The third kappa shape index (κ3) is 6.52. The lowest BCUT2D eigenvalue weighted by Crippen LogP contribution is -2.58. The van der Waals surface area contributed by atoms with Crippen molar-refractivity contribution in [2.24, 2.45) is 10.8 Å². The minimum Gasteiger partial charge on any atom is -0.461 e. The first kappa shape index (κ1) is 30.8. The first-order valence-corrected chi connectivity index (χ1v) is 16.4. The first-order chi connectivity index (χ1) is 18.0. The molecule has 9 heteroatoms. The van der Waals surface area contributed by atoms with Crippen molar-refractivity contribution in [2.75, 3.05) is 6.61 Å². The van der Waals surface area contributed by atoms with Gasteiger partial charge >= 0.3 is 17.9 Å². The summed E-state index contributed by atoms with van der Waals surface area (Å²) in [6.07, 6.45) is 1.93. The Morgan fingerprint density at radius 1 is 1.03 bits per heavy atom. The number of esters is 3. The predicted octanol–water partition coefficient (Wildman–Crippen LogP) is 5.41. The third-order valence-electron chi connectivity index (χ3n) is 8.76. The molecule has 39 heavy (non-hydrogen) atoms. The number of ether oxygens (including phenoxy) is 3. The lowest BCUT2D eigenvalue weighted by atomic mass is 9.58. The van der Waals surface area contributed by atoms with Crippen molar-refractivity contribution in [1.82, 2.24) is 0 Å². The van der Waals surface area contributed by atoms with Crippen molar-refractivity contribution in [3.8, 4) is 0 Å². The Morgan fingerprint density at radius 2 is 1.64 bits per heavy atom. The van der Waals surface area contributed by atoms with Crippen LogP contribution in [-0.2, 0) is 33.0 Å². The van der Waals surface area contributed by atoms with Crippen LogP contribution >= 0.6 is 0 Å². The number of rotatable bonds is 8. The van der Waals surface area contributed by atoms with E-state index in [1.807, 2.05) is 19.1 Å². The molecule has 0 heterocycles. The Hall–Kier alpha value is -2.78. The van der Waals surface area contributed by atoms with Gasteiger partial charge in [0.05, 0.1) is 11.7 Å². The summed E-state index contributed by atoms with van der Waals surface area (Å²) in [5.41, 5.74) is -1.26. The molecule has 0 radical (unpaired) electrons. The highest BCUT2D eigenvalue weighted by atomic mass is 28.4. The van der Waals surface area contributed by atoms with Crippen molar-refractivity contribution in [3.05, 3.63) is 48.0 Å². The first-order valence-electron chi connectivity index (χ1n) is 13.5. The summed E-state index contributed by atoms with van der Waals surface area (Å²) in [7, 11) is -2.51. The number of hydrogen-bond acceptors (Lipinski definition) is 8. The topological polar surface area (TPSA) is 105 Å². The fourth-order valence-electron chi connectivity index (χ4n) is 5.38. The summed E-state index contributed by atoms with van der Waals surface area (Å²) in [5.74, 6) is -1.53. The van der Waals surface area contributed by atoms with Gasteiger partial charge in [0.2, 0.25) is 0 Å². The number of carbonyl (C=O) groups is 4. The minimum absolute atomic E-state index is 0.0110. The van der Waals surface area contributed by atoms with Gasteiger partial charge < -0.3 is 18.6 Å². The van der Waals surface area contributed by atoms with E-state index in [4.69, 9.17) is 18.6 Å². The van der Waals surface area contributed by atoms with E-state index in [1.54, 1.807) is 30.3 Å². The maximum absolute atomic E-state index is 13.2. The predicted molar refractivity (Wildman–Crippen MR) is 148 cm³/mol. The summed E-state index contributed by atoms with van der Waals surface area (Å²) in [6.45, 7) is 15.1. The molecule has 1 saturated carbocycles. The molecule has 0 aliphatic heterocycles. The molecule has 0 saturated heterocycles. The zero-order valence-corrected chi connectivity index (χ0v) is 25.4. The summed E-state index contributed by atoms with van der Waals surface area (Å²) in [5, 5.41) is -0.195. The van der Waals surface area contributed by atoms with Crippen LogP contribution in [-0.4, -0.2) is 56.9 Å².